The molecule has 0 aliphatic heterocycles. The summed E-state index contributed by atoms with van der Waals surface area (Å²) in [6.45, 7) is 2.37. The van der Waals surface area contributed by atoms with Gasteiger partial charge in [-0.1, -0.05) is 43.9 Å². The van der Waals surface area contributed by atoms with Gasteiger partial charge in [-0.05, 0) is 53.8 Å². The first-order valence-electron chi connectivity index (χ1n) is 10.3. The monoisotopic (exact) mass is 490 g/mol. The summed E-state index contributed by atoms with van der Waals surface area (Å²) in [5.41, 5.74) is 0. The predicted molar refractivity (Wildman–Crippen MR) is 147 cm³/mol. The van der Waals surface area contributed by atoms with Gasteiger partial charge in [0, 0.05) is 17.3 Å². The zero-order valence-electron chi connectivity index (χ0n) is 16.8. The number of hydrogen-bond acceptors (Lipinski definition) is 6. The molecule has 0 nitrogen and oxygen atoms in total. The summed E-state index contributed by atoms with van der Waals surface area (Å²) in [6, 6.07) is 6.29. The van der Waals surface area contributed by atoms with E-state index in [0.29, 0.717) is 0 Å². The zero-order valence-corrected chi connectivity index (χ0v) is 22.9. The first-order chi connectivity index (χ1) is 12.7. The van der Waals surface area contributed by atoms with Gasteiger partial charge in [-0.2, -0.15) is 73.2 Å². The summed E-state index contributed by atoms with van der Waals surface area (Å²) >= 11 is 19.4. The maximum absolute atomic E-state index is 4.35. The molecular weight excluding hydrogens is 449 g/mol. The average molecular weight is 491 g/mol. The van der Waals surface area contributed by atoms with Crippen molar-refractivity contribution in [3.05, 3.63) is 0 Å². The molecule has 0 aromatic carbocycles. The average Bonchev–Trinajstić information content (AvgIpc) is 2.65. The first kappa shape index (κ1) is 28.3. The van der Waals surface area contributed by atoms with Crippen molar-refractivity contribution in [2.45, 2.75) is 63.2 Å². The molecule has 0 aromatic rings. The molecule has 0 rings (SSSR count). The van der Waals surface area contributed by atoms with Crippen LogP contribution in [0.5, 0.6) is 0 Å². The number of thioether (sulfide) groups is 3. The van der Waals surface area contributed by atoms with Crippen LogP contribution in [-0.4, -0.2) is 59.8 Å². The second-order valence-electron chi connectivity index (χ2n) is 6.92. The van der Waals surface area contributed by atoms with E-state index >= 15 is 0 Å². The highest BCUT2D eigenvalue weighted by Crippen LogP contribution is 2.34. The van der Waals surface area contributed by atoms with Gasteiger partial charge in [0.05, 0.1) is 8.07 Å². The van der Waals surface area contributed by atoms with E-state index in [0.717, 1.165) is 17.3 Å². The van der Waals surface area contributed by atoms with Crippen molar-refractivity contribution >= 4 is 81.2 Å². The highest BCUT2D eigenvalue weighted by Gasteiger charge is 2.30. The molecule has 0 saturated carbocycles. The lowest BCUT2D eigenvalue weighted by atomic mass is 10.4. The molecule has 0 aliphatic carbocycles. The van der Waals surface area contributed by atoms with Crippen molar-refractivity contribution in [3.8, 4) is 0 Å². The number of rotatable bonds is 21. The second-order valence-corrected chi connectivity index (χ2v) is 16.9. The minimum atomic E-state index is -1.09. The van der Waals surface area contributed by atoms with E-state index in [4.69, 9.17) is 0 Å². The molecule has 7 heteroatoms. The molecule has 26 heavy (non-hydrogen) atoms. The summed E-state index contributed by atoms with van der Waals surface area (Å²) in [6.07, 6.45) is 7.17. The number of hydrogen-bond donors (Lipinski definition) is 3. The van der Waals surface area contributed by atoms with Crippen molar-refractivity contribution in [1.29, 1.82) is 0 Å². The van der Waals surface area contributed by atoms with Gasteiger partial charge in [0.2, 0.25) is 0 Å². The molecule has 0 heterocycles. The summed E-state index contributed by atoms with van der Waals surface area (Å²) in [5.74, 6) is 10.8. The van der Waals surface area contributed by atoms with Crippen LogP contribution in [0.4, 0.5) is 0 Å². The third-order valence-electron chi connectivity index (χ3n) is 4.75. The van der Waals surface area contributed by atoms with Crippen LogP contribution in [0.25, 0.3) is 0 Å². The van der Waals surface area contributed by atoms with Crippen molar-refractivity contribution in [2.75, 3.05) is 51.8 Å². The predicted octanol–water partition coefficient (Wildman–Crippen LogP) is 7.39. The third kappa shape index (κ3) is 17.2. The first-order valence-corrected chi connectivity index (χ1v) is 18.5. The molecule has 0 bridgehead atoms. The van der Waals surface area contributed by atoms with Crippen molar-refractivity contribution in [1.82, 2.24) is 0 Å². The topological polar surface area (TPSA) is 0 Å². The van der Waals surface area contributed by atoms with Crippen LogP contribution in [0, 0.1) is 0 Å². The fourth-order valence-corrected chi connectivity index (χ4v) is 12.8. The molecular formula is C19H42S6Si. The van der Waals surface area contributed by atoms with E-state index in [1.165, 1.54) is 66.6 Å². The largest absolute Gasteiger partial charge is 0.179 e. The van der Waals surface area contributed by atoms with E-state index in [-0.39, 0.29) is 0 Å². The van der Waals surface area contributed by atoms with E-state index in [9.17, 15) is 0 Å². The van der Waals surface area contributed by atoms with Crippen LogP contribution in [0.1, 0.15) is 39.0 Å². The van der Waals surface area contributed by atoms with Crippen LogP contribution in [0.2, 0.25) is 24.2 Å². The van der Waals surface area contributed by atoms with Gasteiger partial charge < -0.3 is 0 Å². The van der Waals surface area contributed by atoms with E-state index in [1.54, 1.807) is 24.2 Å². The van der Waals surface area contributed by atoms with Crippen molar-refractivity contribution < 1.29 is 0 Å². The molecule has 0 spiro atoms. The smallest absolute Gasteiger partial charge is 0.0536 e. The maximum atomic E-state index is 4.35. The van der Waals surface area contributed by atoms with Gasteiger partial charge in [0.15, 0.2) is 0 Å². The lowest BCUT2D eigenvalue weighted by Crippen LogP contribution is -2.34. The summed E-state index contributed by atoms with van der Waals surface area (Å²) in [7, 11) is -1.09. The van der Waals surface area contributed by atoms with Gasteiger partial charge in [0.25, 0.3) is 0 Å². The summed E-state index contributed by atoms with van der Waals surface area (Å²) in [4.78, 5) is 0. The van der Waals surface area contributed by atoms with E-state index < -0.39 is 8.07 Å². The minimum Gasteiger partial charge on any atom is -0.179 e. The molecule has 0 fully saturated rings. The van der Waals surface area contributed by atoms with Crippen LogP contribution in [-0.2, 0) is 0 Å². The molecule has 0 saturated heterocycles. The Balaban J connectivity index is 4.52. The Morgan fingerprint density at radius 1 is 0.538 bits per heavy atom. The molecule has 0 radical (unpaired) electrons. The lowest BCUT2D eigenvalue weighted by molar-refractivity contribution is 0.825. The molecule has 0 atom stereocenters. The zero-order chi connectivity index (χ0) is 19.3. The Morgan fingerprint density at radius 3 is 1.19 bits per heavy atom. The maximum Gasteiger partial charge on any atom is 0.0536 e. The summed E-state index contributed by atoms with van der Waals surface area (Å²) in [5, 5.41) is 0. The quantitative estimate of drug-likeness (QED) is 0.0872. The normalized spacial score (nSPS) is 12.0. The standard InChI is InChI=1S/C19H42S6Si/c1-2-3-16-26(17-4-10-23-13-7-20,18-5-11-24-14-8-21)19-6-12-25-15-9-22/h20-22H,2-19H2,1H3. The highest BCUT2D eigenvalue weighted by atomic mass is 32.2. The molecule has 0 aromatic heterocycles. The fraction of sp³-hybridized carbons (Fsp3) is 1.00. The molecule has 0 N–H and O–H groups in total. The fourth-order valence-electron chi connectivity index (χ4n) is 3.45. The minimum absolute atomic E-state index is 1.02. The van der Waals surface area contributed by atoms with Crippen LogP contribution in [0.3, 0.4) is 0 Å². The Hall–Kier alpha value is 2.32. The van der Waals surface area contributed by atoms with Gasteiger partial charge in [-0.15, -0.1) is 0 Å². The SMILES string of the molecule is CCCC[Si](CCCSCCS)(CCCSCCS)CCCSCCS. The van der Waals surface area contributed by atoms with Crippen LogP contribution >= 0.6 is 73.2 Å². The van der Waals surface area contributed by atoms with Gasteiger partial charge in [-0.3, -0.25) is 0 Å². The van der Waals surface area contributed by atoms with Gasteiger partial charge >= 0.3 is 0 Å². The van der Waals surface area contributed by atoms with Crippen LogP contribution < -0.4 is 0 Å². The Kier molecular flexibility index (Phi) is 24.0. The lowest BCUT2D eigenvalue weighted by Gasteiger charge is -2.32. The molecule has 0 unspecified atom stereocenters. The molecule has 0 amide bonds. The van der Waals surface area contributed by atoms with Gasteiger partial charge in [-0.25, -0.2) is 0 Å². The van der Waals surface area contributed by atoms with Crippen molar-refractivity contribution in [2.24, 2.45) is 0 Å². The van der Waals surface area contributed by atoms with Gasteiger partial charge in [0.1, 0.15) is 0 Å². The molecule has 158 valence electrons. The molecule has 0 aliphatic rings. The van der Waals surface area contributed by atoms with E-state index in [1.807, 2.05) is 0 Å². The number of thiol groups is 3. The second kappa shape index (κ2) is 22.0. The van der Waals surface area contributed by atoms with Crippen LogP contribution in [0.15, 0.2) is 0 Å². The highest BCUT2D eigenvalue weighted by molar-refractivity contribution is 8.00. The van der Waals surface area contributed by atoms with Crippen molar-refractivity contribution in [3.63, 3.8) is 0 Å². The Bertz CT molecular complexity index is 245. The third-order valence-corrected chi connectivity index (χ3v) is 15.2. The Labute approximate surface area is 195 Å². The Morgan fingerprint density at radius 2 is 0.885 bits per heavy atom. The number of unbranched alkanes of at least 4 members (excludes halogenated alkanes) is 1. The van der Waals surface area contributed by atoms with E-state index in [2.05, 4.69) is 80.1 Å². The summed E-state index contributed by atoms with van der Waals surface area (Å²) < 4.78 is 0.